The number of likely N-dealkylation sites (N-methyl/N-ethyl adjacent to an activating group) is 1. The number of rotatable bonds is 5. The molecule has 1 amide bonds. The molecule has 94 valence electrons. The zero-order valence-corrected chi connectivity index (χ0v) is 10.3. The number of carbonyl (C=O) groups is 1. The van der Waals surface area contributed by atoms with Crippen molar-refractivity contribution in [1.29, 1.82) is 0 Å². The third-order valence-electron chi connectivity index (χ3n) is 3.17. The van der Waals surface area contributed by atoms with Crippen LogP contribution >= 0.6 is 0 Å². The number of aromatic nitrogens is 2. The quantitative estimate of drug-likeness (QED) is 0.796. The third kappa shape index (κ3) is 2.85. The fourth-order valence-corrected chi connectivity index (χ4v) is 1.85. The summed E-state index contributed by atoms with van der Waals surface area (Å²) in [6, 6.07) is 0. The SMILES string of the molecule is CCc1ncc(C(=O)N(C)CC(O)C2CC2)[nH]1. The topological polar surface area (TPSA) is 69.2 Å². The highest BCUT2D eigenvalue weighted by molar-refractivity contribution is 5.92. The van der Waals surface area contributed by atoms with E-state index >= 15 is 0 Å². The van der Waals surface area contributed by atoms with Gasteiger partial charge in [-0.3, -0.25) is 4.79 Å². The smallest absolute Gasteiger partial charge is 0.271 e. The fourth-order valence-electron chi connectivity index (χ4n) is 1.85. The van der Waals surface area contributed by atoms with E-state index in [0.29, 0.717) is 18.2 Å². The van der Waals surface area contributed by atoms with Crippen LogP contribution in [0.15, 0.2) is 6.20 Å². The highest BCUT2D eigenvalue weighted by Gasteiger charge is 2.31. The normalized spacial score (nSPS) is 16.9. The molecule has 1 saturated carbocycles. The summed E-state index contributed by atoms with van der Waals surface area (Å²) in [5.74, 6) is 1.08. The molecule has 0 aliphatic heterocycles. The average molecular weight is 237 g/mol. The second-order valence-electron chi connectivity index (χ2n) is 4.69. The first-order valence-corrected chi connectivity index (χ1v) is 6.09. The Morgan fingerprint density at radius 2 is 2.41 bits per heavy atom. The van der Waals surface area contributed by atoms with Crippen molar-refractivity contribution >= 4 is 5.91 Å². The number of hydrogen-bond acceptors (Lipinski definition) is 3. The van der Waals surface area contributed by atoms with E-state index in [1.165, 1.54) is 0 Å². The Bertz CT molecular complexity index is 398. The molecule has 1 aliphatic rings. The lowest BCUT2D eigenvalue weighted by Crippen LogP contribution is -2.35. The van der Waals surface area contributed by atoms with Crippen molar-refractivity contribution in [3.63, 3.8) is 0 Å². The lowest BCUT2D eigenvalue weighted by Gasteiger charge is -2.19. The van der Waals surface area contributed by atoms with Gasteiger partial charge in [0.1, 0.15) is 11.5 Å². The number of aliphatic hydroxyl groups is 1. The van der Waals surface area contributed by atoms with Crippen LogP contribution in [0.3, 0.4) is 0 Å². The lowest BCUT2D eigenvalue weighted by molar-refractivity contribution is 0.0640. The molecule has 1 aromatic rings. The molecule has 0 bridgehead atoms. The van der Waals surface area contributed by atoms with Crippen LogP contribution in [-0.4, -0.2) is 45.6 Å². The van der Waals surface area contributed by atoms with Gasteiger partial charge in [-0.05, 0) is 18.8 Å². The first-order valence-electron chi connectivity index (χ1n) is 6.09. The van der Waals surface area contributed by atoms with E-state index in [0.717, 1.165) is 25.1 Å². The number of imidazole rings is 1. The highest BCUT2D eigenvalue weighted by Crippen LogP contribution is 2.32. The van der Waals surface area contributed by atoms with Gasteiger partial charge in [-0.2, -0.15) is 0 Å². The van der Waals surface area contributed by atoms with Crippen molar-refractivity contribution in [2.75, 3.05) is 13.6 Å². The van der Waals surface area contributed by atoms with Crippen molar-refractivity contribution < 1.29 is 9.90 Å². The van der Waals surface area contributed by atoms with Crippen molar-refractivity contribution in [3.05, 3.63) is 17.7 Å². The van der Waals surface area contributed by atoms with E-state index in [-0.39, 0.29) is 5.91 Å². The van der Waals surface area contributed by atoms with Crippen molar-refractivity contribution in [2.45, 2.75) is 32.3 Å². The fraction of sp³-hybridized carbons (Fsp3) is 0.667. The van der Waals surface area contributed by atoms with Crippen LogP contribution in [0.25, 0.3) is 0 Å². The molecule has 0 aromatic carbocycles. The van der Waals surface area contributed by atoms with E-state index in [1.54, 1.807) is 18.1 Å². The minimum absolute atomic E-state index is 0.114. The molecule has 0 radical (unpaired) electrons. The van der Waals surface area contributed by atoms with Crippen LogP contribution < -0.4 is 0 Å². The summed E-state index contributed by atoms with van der Waals surface area (Å²) < 4.78 is 0. The predicted molar refractivity (Wildman–Crippen MR) is 63.7 cm³/mol. The van der Waals surface area contributed by atoms with E-state index in [2.05, 4.69) is 9.97 Å². The molecule has 1 aromatic heterocycles. The molecule has 5 heteroatoms. The molecule has 2 rings (SSSR count). The van der Waals surface area contributed by atoms with Gasteiger partial charge in [0.15, 0.2) is 0 Å². The van der Waals surface area contributed by atoms with Gasteiger partial charge < -0.3 is 15.0 Å². The predicted octanol–water partition coefficient (Wildman–Crippen LogP) is 0.815. The van der Waals surface area contributed by atoms with Crippen molar-refractivity contribution in [1.82, 2.24) is 14.9 Å². The third-order valence-corrected chi connectivity index (χ3v) is 3.17. The molecule has 5 nitrogen and oxygen atoms in total. The van der Waals surface area contributed by atoms with Crippen molar-refractivity contribution in [3.8, 4) is 0 Å². The van der Waals surface area contributed by atoms with Crippen LogP contribution in [0, 0.1) is 5.92 Å². The van der Waals surface area contributed by atoms with Crippen LogP contribution in [-0.2, 0) is 6.42 Å². The maximum absolute atomic E-state index is 12.0. The zero-order chi connectivity index (χ0) is 12.4. The Hall–Kier alpha value is -1.36. The summed E-state index contributed by atoms with van der Waals surface area (Å²) in [6.45, 7) is 2.37. The number of hydrogen-bond donors (Lipinski definition) is 2. The first-order chi connectivity index (χ1) is 8.11. The molecule has 1 atom stereocenters. The van der Waals surface area contributed by atoms with Crippen LogP contribution in [0.5, 0.6) is 0 Å². The summed E-state index contributed by atoms with van der Waals surface area (Å²) in [6.07, 6.45) is 4.10. The largest absolute Gasteiger partial charge is 0.391 e. The standard InChI is InChI=1S/C12H19N3O2/c1-3-11-13-6-9(14-11)12(17)15(2)7-10(16)8-4-5-8/h6,8,10,16H,3-5,7H2,1-2H3,(H,13,14). The van der Waals surface area contributed by atoms with Gasteiger partial charge >= 0.3 is 0 Å². The Morgan fingerprint density at radius 3 is 2.94 bits per heavy atom. The summed E-state index contributed by atoms with van der Waals surface area (Å²) in [5, 5.41) is 9.79. The van der Waals surface area contributed by atoms with E-state index in [4.69, 9.17) is 0 Å². The second-order valence-corrected chi connectivity index (χ2v) is 4.69. The van der Waals surface area contributed by atoms with Gasteiger partial charge in [0, 0.05) is 20.0 Å². The minimum atomic E-state index is -0.391. The van der Waals surface area contributed by atoms with E-state index in [9.17, 15) is 9.90 Å². The molecule has 1 unspecified atom stereocenters. The Balaban J connectivity index is 1.93. The number of aromatic amines is 1. The molecule has 17 heavy (non-hydrogen) atoms. The van der Waals surface area contributed by atoms with Crippen LogP contribution in [0.1, 0.15) is 36.1 Å². The number of aryl methyl sites for hydroxylation is 1. The summed E-state index contributed by atoms with van der Waals surface area (Å²) >= 11 is 0. The molecule has 2 N–H and O–H groups in total. The lowest BCUT2D eigenvalue weighted by atomic mass is 10.2. The summed E-state index contributed by atoms with van der Waals surface area (Å²) in [4.78, 5) is 20.6. The van der Waals surface area contributed by atoms with E-state index in [1.807, 2.05) is 6.92 Å². The molecule has 0 saturated heterocycles. The molecule has 1 aliphatic carbocycles. The molecule has 0 spiro atoms. The molecule has 1 heterocycles. The monoisotopic (exact) mass is 237 g/mol. The van der Waals surface area contributed by atoms with Gasteiger partial charge in [-0.15, -0.1) is 0 Å². The second kappa shape index (κ2) is 4.87. The average Bonchev–Trinajstić information content (AvgIpc) is 3.06. The van der Waals surface area contributed by atoms with Crippen LogP contribution in [0.4, 0.5) is 0 Å². The summed E-state index contributed by atoms with van der Waals surface area (Å²) in [5.41, 5.74) is 0.493. The highest BCUT2D eigenvalue weighted by atomic mass is 16.3. The van der Waals surface area contributed by atoms with Crippen molar-refractivity contribution in [2.24, 2.45) is 5.92 Å². The number of aliphatic hydroxyl groups excluding tert-OH is 1. The van der Waals surface area contributed by atoms with Gasteiger partial charge in [0.25, 0.3) is 5.91 Å². The Labute approximate surface area is 101 Å². The zero-order valence-electron chi connectivity index (χ0n) is 10.3. The minimum Gasteiger partial charge on any atom is -0.391 e. The maximum atomic E-state index is 12.0. The first kappa shape index (κ1) is 12.1. The number of H-pyrrole nitrogens is 1. The van der Waals surface area contributed by atoms with Gasteiger partial charge in [-0.25, -0.2) is 4.98 Å². The number of amides is 1. The number of nitrogens with zero attached hydrogens (tertiary/aromatic N) is 2. The number of carbonyl (C=O) groups excluding carboxylic acids is 1. The maximum Gasteiger partial charge on any atom is 0.271 e. The molecular weight excluding hydrogens is 218 g/mol. The molecular formula is C12H19N3O2. The number of nitrogens with one attached hydrogen (secondary N) is 1. The molecule has 1 fully saturated rings. The van der Waals surface area contributed by atoms with Gasteiger partial charge in [-0.1, -0.05) is 6.92 Å². The van der Waals surface area contributed by atoms with Crippen LogP contribution in [0.2, 0.25) is 0 Å². The Morgan fingerprint density at radius 1 is 1.71 bits per heavy atom. The van der Waals surface area contributed by atoms with E-state index < -0.39 is 6.10 Å². The van der Waals surface area contributed by atoms with Gasteiger partial charge in [0.05, 0.1) is 12.3 Å². The van der Waals surface area contributed by atoms with Gasteiger partial charge in [0.2, 0.25) is 0 Å². The Kier molecular flexibility index (Phi) is 3.47. The summed E-state index contributed by atoms with van der Waals surface area (Å²) in [7, 11) is 1.71.